The molecule has 1 aliphatic rings. The molecule has 0 atom stereocenters. The number of ether oxygens (including phenoxy) is 1. The summed E-state index contributed by atoms with van der Waals surface area (Å²) in [5.41, 5.74) is 0. The Morgan fingerprint density at radius 3 is 2.24 bits per heavy atom. The molecule has 1 fully saturated rings. The van der Waals surface area contributed by atoms with Crippen LogP contribution in [0.2, 0.25) is 0 Å². The van der Waals surface area contributed by atoms with Crippen molar-refractivity contribution in [2.45, 2.75) is 63.9 Å². The van der Waals surface area contributed by atoms with Crippen LogP contribution in [0.15, 0.2) is 0 Å². The molecule has 5 heteroatoms. The highest BCUT2D eigenvalue weighted by molar-refractivity contribution is 7.89. The highest BCUT2D eigenvalue weighted by atomic mass is 32.2. The molecule has 1 saturated carbocycles. The van der Waals surface area contributed by atoms with Crippen LogP contribution < -0.4 is 5.14 Å². The summed E-state index contributed by atoms with van der Waals surface area (Å²) in [6, 6.07) is 0. The van der Waals surface area contributed by atoms with Crippen molar-refractivity contribution in [3.05, 3.63) is 0 Å². The number of unbranched alkanes of at least 4 members (excludes halogenated alkanes) is 2. The van der Waals surface area contributed by atoms with Crippen LogP contribution in [0.4, 0.5) is 0 Å². The van der Waals surface area contributed by atoms with Gasteiger partial charge in [-0.25, -0.2) is 13.6 Å². The second-order valence-corrected chi connectivity index (χ2v) is 6.65. The van der Waals surface area contributed by atoms with Crippen molar-refractivity contribution in [2.24, 2.45) is 5.14 Å². The van der Waals surface area contributed by atoms with Crippen LogP contribution in [0.5, 0.6) is 0 Å². The Balaban J connectivity index is 1.96. The Morgan fingerprint density at radius 1 is 1.00 bits per heavy atom. The number of rotatable bonds is 7. The van der Waals surface area contributed by atoms with Gasteiger partial charge in [0.2, 0.25) is 10.0 Å². The maximum atomic E-state index is 10.7. The van der Waals surface area contributed by atoms with E-state index in [2.05, 4.69) is 0 Å². The molecule has 0 radical (unpaired) electrons. The summed E-state index contributed by atoms with van der Waals surface area (Å²) < 4.78 is 27.2. The number of sulfonamides is 1. The van der Waals surface area contributed by atoms with E-state index in [0.717, 1.165) is 19.4 Å². The van der Waals surface area contributed by atoms with E-state index < -0.39 is 10.0 Å². The predicted octanol–water partition coefficient (Wildman–Crippen LogP) is 2.18. The first kappa shape index (κ1) is 14.9. The van der Waals surface area contributed by atoms with Gasteiger partial charge in [-0.1, -0.05) is 32.1 Å². The van der Waals surface area contributed by atoms with Crippen LogP contribution >= 0.6 is 0 Å². The molecular weight excluding hydrogens is 238 g/mol. The largest absolute Gasteiger partial charge is 0.378 e. The molecule has 17 heavy (non-hydrogen) atoms. The van der Waals surface area contributed by atoms with Gasteiger partial charge in [-0.05, 0) is 25.7 Å². The molecule has 0 amide bonds. The van der Waals surface area contributed by atoms with Gasteiger partial charge in [0.15, 0.2) is 0 Å². The minimum absolute atomic E-state index is 0.0937. The standard InChI is InChI=1S/C12H25NO3S/c13-17(14,15)11-7-3-6-10-16-12-8-4-1-2-5-9-12/h12H,1-11H2,(H2,13,14,15). The maximum absolute atomic E-state index is 10.7. The van der Waals surface area contributed by atoms with Crippen molar-refractivity contribution in [1.82, 2.24) is 0 Å². The van der Waals surface area contributed by atoms with E-state index in [4.69, 9.17) is 9.88 Å². The summed E-state index contributed by atoms with van der Waals surface area (Å²) in [7, 11) is -3.28. The Morgan fingerprint density at radius 2 is 1.65 bits per heavy atom. The average molecular weight is 263 g/mol. The Bertz CT molecular complexity index is 282. The lowest BCUT2D eigenvalue weighted by atomic mass is 10.1. The first-order valence-corrected chi connectivity index (χ1v) is 8.41. The third-order valence-electron chi connectivity index (χ3n) is 3.23. The van der Waals surface area contributed by atoms with Gasteiger partial charge in [0, 0.05) is 6.61 Å². The fourth-order valence-electron chi connectivity index (χ4n) is 2.24. The second-order valence-electron chi connectivity index (χ2n) is 4.91. The second kappa shape index (κ2) is 8.06. The summed E-state index contributed by atoms with van der Waals surface area (Å²) in [4.78, 5) is 0. The zero-order valence-electron chi connectivity index (χ0n) is 10.6. The van der Waals surface area contributed by atoms with Gasteiger partial charge in [0.25, 0.3) is 0 Å². The molecule has 102 valence electrons. The van der Waals surface area contributed by atoms with Crippen molar-refractivity contribution in [1.29, 1.82) is 0 Å². The van der Waals surface area contributed by atoms with E-state index in [1.165, 1.54) is 38.5 Å². The fourth-order valence-corrected chi connectivity index (χ4v) is 2.85. The highest BCUT2D eigenvalue weighted by Crippen LogP contribution is 2.19. The minimum Gasteiger partial charge on any atom is -0.378 e. The van der Waals surface area contributed by atoms with Gasteiger partial charge in [-0.15, -0.1) is 0 Å². The zero-order chi connectivity index (χ0) is 12.6. The number of hydrogen-bond acceptors (Lipinski definition) is 3. The smallest absolute Gasteiger partial charge is 0.209 e. The van der Waals surface area contributed by atoms with Gasteiger partial charge in [-0.3, -0.25) is 0 Å². The van der Waals surface area contributed by atoms with Crippen LogP contribution in [0.3, 0.4) is 0 Å². The molecule has 1 rings (SSSR count). The van der Waals surface area contributed by atoms with Crippen LogP contribution in [-0.2, 0) is 14.8 Å². The van der Waals surface area contributed by atoms with Crippen molar-refractivity contribution >= 4 is 10.0 Å². The Hall–Kier alpha value is -0.130. The van der Waals surface area contributed by atoms with Crippen molar-refractivity contribution in [2.75, 3.05) is 12.4 Å². The van der Waals surface area contributed by atoms with Crippen molar-refractivity contribution in [3.63, 3.8) is 0 Å². The van der Waals surface area contributed by atoms with Gasteiger partial charge in [0.1, 0.15) is 0 Å². The number of primary sulfonamides is 1. The molecule has 4 nitrogen and oxygen atoms in total. The average Bonchev–Trinajstić information content (AvgIpc) is 2.50. The lowest BCUT2D eigenvalue weighted by Crippen LogP contribution is -2.16. The third kappa shape index (κ3) is 8.57. The molecule has 0 bridgehead atoms. The Labute approximate surface area is 105 Å². The lowest BCUT2D eigenvalue weighted by Gasteiger charge is -2.14. The van der Waals surface area contributed by atoms with Crippen LogP contribution in [0, 0.1) is 0 Å². The predicted molar refractivity (Wildman–Crippen MR) is 69.3 cm³/mol. The SMILES string of the molecule is NS(=O)(=O)CCCCCOC1CCCCCC1. The van der Waals surface area contributed by atoms with E-state index in [0.29, 0.717) is 12.5 Å². The van der Waals surface area contributed by atoms with Gasteiger partial charge in [0.05, 0.1) is 11.9 Å². The summed E-state index contributed by atoms with van der Waals surface area (Å²) >= 11 is 0. The first-order chi connectivity index (χ1) is 8.08. The molecular formula is C12H25NO3S. The van der Waals surface area contributed by atoms with Crippen LogP contribution in [-0.4, -0.2) is 26.9 Å². The van der Waals surface area contributed by atoms with Crippen LogP contribution in [0.25, 0.3) is 0 Å². The molecule has 0 unspecified atom stereocenters. The molecule has 0 aromatic rings. The molecule has 0 aromatic heterocycles. The van der Waals surface area contributed by atoms with E-state index >= 15 is 0 Å². The molecule has 0 aliphatic heterocycles. The zero-order valence-corrected chi connectivity index (χ0v) is 11.4. The topological polar surface area (TPSA) is 69.4 Å². The highest BCUT2D eigenvalue weighted by Gasteiger charge is 2.11. The fraction of sp³-hybridized carbons (Fsp3) is 1.00. The van der Waals surface area contributed by atoms with E-state index in [1.54, 1.807) is 0 Å². The third-order valence-corrected chi connectivity index (χ3v) is 4.09. The normalized spacial score (nSPS) is 19.1. The first-order valence-electron chi connectivity index (χ1n) is 6.70. The summed E-state index contributed by atoms with van der Waals surface area (Å²) in [5, 5.41) is 4.93. The minimum atomic E-state index is -3.28. The number of nitrogens with two attached hydrogens (primary N) is 1. The van der Waals surface area contributed by atoms with Gasteiger partial charge >= 0.3 is 0 Å². The summed E-state index contributed by atoms with van der Waals surface area (Å²) in [5.74, 6) is 0.0937. The molecule has 0 aromatic carbocycles. The summed E-state index contributed by atoms with van der Waals surface area (Å²) in [6.45, 7) is 0.759. The molecule has 0 heterocycles. The monoisotopic (exact) mass is 263 g/mol. The van der Waals surface area contributed by atoms with E-state index in [1.807, 2.05) is 0 Å². The van der Waals surface area contributed by atoms with E-state index in [-0.39, 0.29) is 5.75 Å². The van der Waals surface area contributed by atoms with Crippen LogP contribution in [0.1, 0.15) is 57.8 Å². The molecule has 2 N–H and O–H groups in total. The quantitative estimate of drug-likeness (QED) is 0.565. The molecule has 0 spiro atoms. The van der Waals surface area contributed by atoms with Crippen molar-refractivity contribution < 1.29 is 13.2 Å². The molecule has 1 aliphatic carbocycles. The molecule has 0 saturated heterocycles. The number of hydrogen-bond donors (Lipinski definition) is 1. The van der Waals surface area contributed by atoms with Gasteiger partial charge in [-0.2, -0.15) is 0 Å². The summed E-state index contributed by atoms with van der Waals surface area (Å²) in [6.07, 6.45) is 10.5. The maximum Gasteiger partial charge on any atom is 0.209 e. The van der Waals surface area contributed by atoms with Gasteiger partial charge < -0.3 is 4.74 Å². The van der Waals surface area contributed by atoms with Crippen molar-refractivity contribution in [3.8, 4) is 0 Å². The Kier molecular flexibility index (Phi) is 7.08. The lowest BCUT2D eigenvalue weighted by molar-refractivity contribution is 0.0409. The van der Waals surface area contributed by atoms with E-state index in [9.17, 15) is 8.42 Å².